The minimum Gasteiger partial charge on any atom is -0.492 e. The molecule has 9 heteroatoms. The van der Waals surface area contributed by atoms with Crippen LogP contribution in [-0.4, -0.2) is 33.7 Å². The number of hydrogen-bond acceptors (Lipinski definition) is 5. The fourth-order valence-electron chi connectivity index (χ4n) is 2.86. The lowest BCUT2D eigenvalue weighted by Gasteiger charge is -2.25. The van der Waals surface area contributed by atoms with Gasteiger partial charge < -0.3 is 4.74 Å². The molecule has 0 aromatic heterocycles. The number of nitrogens with one attached hydrogen (secondary N) is 1. The summed E-state index contributed by atoms with van der Waals surface area (Å²) in [5, 5.41) is 4.32. The Morgan fingerprint density at radius 1 is 1.03 bits per heavy atom. The number of hydrazone groups is 1. The molecule has 7 nitrogen and oxygen atoms in total. The predicted octanol–water partition coefficient (Wildman–Crippen LogP) is 4.08. The molecular weight excluding hydrogens is 450 g/mol. The molecule has 3 rings (SSSR count). The summed E-state index contributed by atoms with van der Waals surface area (Å²) in [6.07, 6.45) is 1.48. The van der Waals surface area contributed by atoms with Crippen molar-refractivity contribution in [3.05, 3.63) is 89.4 Å². The van der Waals surface area contributed by atoms with E-state index in [2.05, 4.69) is 10.5 Å². The fraction of sp³-hybridized carbons (Fsp3) is 0.130. The van der Waals surface area contributed by atoms with Crippen molar-refractivity contribution in [1.82, 2.24) is 5.43 Å². The zero-order valence-electron chi connectivity index (χ0n) is 17.3. The van der Waals surface area contributed by atoms with E-state index in [1.165, 1.54) is 30.5 Å². The van der Waals surface area contributed by atoms with Crippen LogP contribution in [0.3, 0.4) is 0 Å². The quantitative estimate of drug-likeness (QED) is 0.376. The number of carbonyl (C=O) groups excluding carboxylic acids is 1. The van der Waals surface area contributed by atoms with Crippen molar-refractivity contribution in [2.75, 3.05) is 17.5 Å². The zero-order chi connectivity index (χ0) is 23.0. The van der Waals surface area contributed by atoms with Crippen LogP contribution in [-0.2, 0) is 14.8 Å². The average Bonchev–Trinajstić information content (AvgIpc) is 2.79. The largest absolute Gasteiger partial charge is 0.492 e. The number of halogens is 1. The van der Waals surface area contributed by atoms with E-state index in [-0.39, 0.29) is 10.6 Å². The van der Waals surface area contributed by atoms with Gasteiger partial charge in [0.05, 0.1) is 23.4 Å². The van der Waals surface area contributed by atoms with E-state index in [1.807, 2.05) is 30.3 Å². The van der Waals surface area contributed by atoms with Gasteiger partial charge in [-0.2, -0.15) is 5.10 Å². The molecule has 0 heterocycles. The van der Waals surface area contributed by atoms with Gasteiger partial charge in [0.1, 0.15) is 12.3 Å². The van der Waals surface area contributed by atoms with Crippen molar-refractivity contribution in [1.29, 1.82) is 0 Å². The Morgan fingerprint density at radius 3 is 2.38 bits per heavy atom. The number of nitrogens with zero attached hydrogens (tertiary/aromatic N) is 2. The standard InChI is InChI=1S/C23H22ClN3O4S/c1-2-31-22-11-7-6-10-21(22)27(32(29,30)20-14-12-19(24)13-15-20)17-23(28)26-25-16-18-8-4-3-5-9-18/h3-16H,2,17H2,1H3,(H,26,28)/b25-16-. The molecule has 0 bridgehead atoms. The smallest absolute Gasteiger partial charge is 0.264 e. The monoisotopic (exact) mass is 471 g/mol. The van der Waals surface area contributed by atoms with Gasteiger partial charge >= 0.3 is 0 Å². The van der Waals surface area contributed by atoms with Crippen LogP contribution in [0.4, 0.5) is 5.69 Å². The number of amides is 1. The van der Waals surface area contributed by atoms with Crippen LogP contribution in [0.5, 0.6) is 5.75 Å². The fourth-order valence-corrected chi connectivity index (χ4v) is 4.42. The van der Waals surface area contributed by atoms with Crippen molar-refractivity contribution < 1.29 is 17.9 Å². The van der Waals surface area contributed by atoms with Crippen molar-refractivity contribution in [2.45, 2.75) is 11.8 Å². The predicted molar refractivity (Wildman–Crippen MR) is 126 cm³/mol. The summed E-state index contributed by atoms with van der Waals surface area (Å²) in [6.45, 7) is 1.63. The van der Waals surface area contributed by atoms with Gasteiger partial charge in [0.15, 0.2) is 0 Å². The van der Waals surface area contributed by atoms with Crippen LogP contribution in [0.25, 0.3) is 0 Å². The maximum atomic E-state index is 13.4. The van der Waals surface area contributed by atoms with Crippen molar-refractivity contribution in [2.24, 2.45) is 5.10 Å². The summed E-state index contributed by atoms with van der Waals surface area (Å²) in [5.41, 5.74) is 3.41. The number of sulfonamides is 1. The lowest BCUT2D eigenvalue weighted by Crippen LogP contribution is -2.39. The summed E-state index contributed by atoms with van der Waals surface area (Å²) in [6, 6.07) is 21.6. The van der Waals surface area contributed by atoms with Crippen LogP contribution in [0.15, 0.2) is 88.9 Å². The molecule has 0 fully saturated rings. The number of anilines is 1. The third kappa shape index (κ3) is 5.87. The number of rotatable bonds is 9. The molecule has 0 radical (unpaired) electrons. The Kier molecular flexibility index (Phi) is 7.86. The first-order chi connectivity index (χ1) is 15.4. The average molecular weight is 472 g/mol. The molecule has 0 aliphatic heterocycles. The molecule has 0 atom stereocenters. The first-order valence-corrected chi connectivity index (χ1v) is 11.6. The molecule has 0 spiro atoms. The Hall–Kier alpha value is -3.36. The lowest BCUT2D eigenvalue weighted by molar-refractivity contribution is -0.119. The molecule has 3 aromatic rings. The maximum Gasteiger partial charge on any atom is 0.264 e. The molecule has 166 valence electrons. The molecule has 0 aliphatic rings. The van der Waals surface area contributed by atoms with Crippen molar-refractivity contribution >= 4 is 39.4 Å². The molecule has 0 saturated carbocycles. The molecule has 3 aromatic carbocycles. The molecule has 32 heavy (non-hydrogen) atoms. The van der Waals surface area contributed by atoms with Gasteiger partial charge in [-0.3, -0.25) is 9.10 Å². The lowest BCUT2D eigenvalue weighted by atomic mass is 10.2. The van der Waals surface area contributed by atoms with Gasteiger partial charge in [-0.05, 0) is 48.9 Å². The topological polar surface area (TPSA) is 88.1 Å². The minimum absolute atomic E-state index is 0.00575. The first kappa shape index (κ1) is 23.3. The number of hydrogen-bond donors (Lipinski definition) is 1. The second kappa shape index (κ2) is 10.8. The normalized spacial score (nSPS) is 11.3. The number of benzene rings is 3. The van der Waals surface area contributed by atoms with Gasteiger partial charge in [0.2, 0.25) is 0 Å². The van der Waals surface area contributed by atoms with Crippen LogP contribution in [0, 0.1) is 0 Å². The SMILES string of the molecule is CCOc1ccccc1N(CC(=O)N/N=C\c1ccccc1)S(=O)(=O)c1ccc(Cl)cc1. The van der Waals surface area contributed by atoms with E-state index in [0.29, 0.717) is 17.4 Å². The Labute approximate surface area is 192 Å². The van der Waals surface area contributed by atoms with E-state index >= 15 is 0 Å². The minimum atomic E-state index is -4.10. The highest BCUT2D eigenvalue weighted by molar-refractivity contribution is 7.92. The van der Waals surface area contributed by atoms with Crippen molar-refractivity contribution in [3.8, 4) is 5.75 Å². The second-order valence-electron chi connectivity index (χ2n) is 6.57. The van der Waals surface area contributed by atoms with Gasteiger partial charge in [0.25, 0.3) is 15.9 Å². The summed E-state index contributed by atoms with van der Waals surface area (Å²) in [5.74, 6) is -0.269. The summed E-state index contributed by atoms with van der Waals surface area (Å²) >= 11 is 5.91. The highest BCUT2D eigenvalue weighted by Crippen LogP contribution is 2.32. The number of carbonyl (C=O) groups is 1. The number of ether oxygens (including phenoxy) is 1. The Balaban J connectivity index is 1.91. The van der Waals surface area contributed by atoms with Crippen LogP contribution in [0.1, 0.15) is 12.5 Å². The van der Waals surface area contributed by atoms with E-state index in [9.17, 15) is 13.2 Å². The summed E-state index contributed by atoms with van der Waals surface area (Å²) in [7, 11) is -4.10. The van der Waals surface area contributed by atoms with Gasteiger partial charge in [0, 0.05) is 5.02 Å². The third-order valence-corrected chi connectivity index (χ3v) is 6.35. The van der Waals surface area contributed by atoms with Gasteiger partial charge in [-0.1, -0.05) is 54.1 Å². The third-order valence-electron chi connectivity index (χ3n) is 4.33. The van der Waals surface area contributed by atoms with Crippen LogP contribution in [0.2, 0.25) is 5.02 Å². The first-order valence-electron chi connectivity index (χ1n) is 9.79. The Bertz CT molecular complexity index is 1180. The van der Waals surface area contributed by atoms with E-state index in [4.69, 9.17) is 16.3 Å². The maximum absolute atomic E-state index is 13.4. The second-order valence-corrected chi connectivity index (χ2v) is 8.87. The summed E-state index contributed by atoms with van der Waals surface area (Å²) in [4.78, 5) is 12.6. The van der Waals surface area contributed by atoms with Crippen LogP contribution < -0.4 is 14.5 Å². The molecule has 0 unspecified atom stereocenters. The van der Waals surface area contributed by atoms with Crippen LogP contribution >= 0.6 is 11.6 Å². The van der Waals surface area contributed by atoms with Gasteiger partial charge in [-0.15, -0.1) is 0 Å². The van der Waals surface area contributed by atoms with E-state index in [1.54, 1.807) is 31.2 Å². The molecular formula is C23H22ClN3O4S. The molecule has 1 N–H and O–H groups in total. The highest BCUT2D eigenvalue weighted by Gasteiger charge is 2.29. The molecule has 0 aliphatic carbocycles. The van der Waals surface area contributed by atoms with E-state index in [0.717, 1.165) is 9.87 Å². The highest BCUT2D eigenvalue weighted by atomic mass is 35.5. The number of para-hydroxylation sites is 2. The molecule has 1 amide bonds. The molecule has 0 saturated heterocycles. The Morgan fingerprint density at radius 2 is 1.69 bits per heavy atom. The van der Waals surface area contributed by atoms with E-state index < -0.39 is 22.5 Å². The summed E-state index contributed by atoms with van der Waals surface area (Å²) < 4.78 is 33.5. The zero-order valence-corrected chi connectivity index (χ0v) is 18.9. The van der Waals surface area contributed by atoms with Gasteiger partial charge in [-0.25, -0.2) is 13.8 Å². The van der Waals surface area contributed by atoms with Crippen molar-refractivity contribution in [3.63, 3.8) is 0 Å².